The summed E-state index contributed by atoms with van der Waals surface area (Å²) in [6, 6.07) is 96.0. The van der Waals surface area contributed by atoms with Crippen molar-refractivity contribution < 1.29 is 4.42 Å². The van der Waals surface area contributed by atoms with Gasteiger partial charge in [-0.05, 0) is 123 Å². The average molecular weight is 881 g/mol. The summed E-state index contributed by atoms with van der Waals surface area (Å²) in [7, 11) is 0. The summed E-state index contributed by atoms with van der Waals surface area (Å²) in [5.74, 6) is 0. The second kappa shape index (κ2) is 16.9. The van der Waals surface area contributed by atoms with Crippen molar-refractivity contribution in [1.82, 2.24) is 4.57 Å². The largest absolute Gasteiger partial charge is 0.455 e. The van der Waals surface area contributed by atoms with Crippen molar-refractivity contribution in [2.75, 3.05) is 4.90 Å². The van der Waals surface area contributed by atoms with E-state index in [-0.39, 0.29) is 0 Å². The van der Waals surface area contributed by atoms with Crippen LogP contribution in [0.4, 0.5) is 17.1 Å². The van der Waals surface area contributed by atoms with Gasteiger partial charge in [0.15, 0.2) is 0 Å². The minimum atomic E-state index is 0.901. The van der Waals surface area contributed by atoms with Crippen molar-refractivity contribution in [3.05, 3.63) is 267 Å². The molecule has 2 aromatic heterocycles. The van der Waals surface area contributed by atoms with E-state index in [1.807, 2.05) is 12.1 Å². The Morgan fingerprint density at radius 1 is 0.275 bits per heavy atom. The van der Waals surface area contributed by atoms with Gasteiger partial charge >= 0.3 is 0 Å². The maximum absolute atomic E-state index is 6.45. The number of anilines is 3. The minimum Gasteiger partial charge on any atom is -0.455 e. The van der Waals surface area contributed by atoms with Gasteiger partial charge in [-0.25, -0.2) is 0 Å². The number of benzene rings is 11. The Bertz CT molecular complexity index is 3940. The predicted molar refractivity (Wildman–Crippen MR) is 290 cm³/mol. The Morgan fingerprint density at radius 2 is 0.696 bits per heavy atom. The average Bonchev–Trinajstić information content (AvgIpc) is 3.98. The van der Waals surface area contributed by atoms with Crippen LogP contribution >= 0.6 is 0 Å². The fourth-order valence-corrected chi connectivity index (χ4v) is 10.2. The van der Waals surface area contributed by atoms with Crippen LogP contribution in [0.2, 0.25) is 0 Å². The highest BCUT2D eigenvalue weighted by Gasteiger charge is 2.18. The predicted octanol–water partition coefficient (Wildman–Crippen LogP) is 18.5. The summed E-state index contributed by atoms with van der Waals surface area (Å²) in [5, 5.41) is 4.73. The van der Waals surface area contributed by atoms with E-state index in [1.165, 1.54) is 60.8 Å². The van der Waals surface area contributed by atoms with Crippen LogP contribution in [-0.4, -0.2) is 4.57 Å². The van der Waals surface area contributed by atoms with Crippen molar-refractivity contribution >= 4 is 60.8 Å². The molecule has 0 aliphatic carbocycles. The molecule has 0 atom stereocenters. The van der Waals surface area contributed by atoms with Crippen LogP contribution in [0, 0.1) is 0 Å². The molecule has 0 amide bonds. The van der Waals surface area contributed by atoms with E-state index in [9.17, 15) is 0 Å². The van der Waals surface area contributed by atoms with Crippen LogP contribution in [0.3, 0.4) is 0 Å². The summed E-state index contributed by atoms with van der Waals surface area (Å²) in [5.41, 5.74) is 20.3. The maximum atomic E-state index is 6.45. The summed E-state index contributed by atoms with van der Waals surface area (Å²) in [6.45, 7) is 0. The van der Waals surface area contributed by atoms with E-state index in [0.717, 1.165) is 61.4 Å². The second-order valence-electron chi connectivity index (χ2n) is 17.7. The number of nitrogens with zero attached hydrogens (tertiary/aromatic N) is 2. The number of hydrogen-bond acceptors (Lipinski definition) is 2. The van der Waals surface area contributed by atoms with Gasteiger partial charge in [0.1, 0.15) is 11.2 Å². The first-order valence-corrected chi connectivity index (χ1v) is 23.6. The summed E-state index contributed by atoms with van der Waals surface area (Å²) in [6.07, 6.45) is 0. The molecule has 13 aromatic rings. The standard InChI is InChI=1S/C66H44N2O/c1-3-12-45(13-4-1)47-22-24-48(25-23-47)50-26-35-54(36-27-50)67(56-41-32-52(33-42-56)58-18-11-19-61-60-17-8-10-21-65(60)69-66(58)61)55-37-30-51(31-38-55)53-34-43-64-62(44-53)59-16-7-9-20-63(59)68(64)57-39-28-49(29-40-57)46-14-5-2-6-15-46/h1-44H. The van der Waals surface area contributed by atoms with Gasteiger partial charge in [-0.2, -0.15) is 0 Å². The van der Waals surface area contributed by atoms with Crippen LogP contribution in [0.1, 0.15) is 0 Å². The molecular weight excluding hydrogens is 837 g/mol. The SMILES string of the molecule is c1ccc(-c2ccc(-c3ccc(N(c4ccc(-c5ccc6c(c5)c5ccccc5n6-c5ccc(-c6ccccc6)cc5)cc4)c4ccc(-c5cccc6c5oc5ccccc56)cc4)cc3)cc2)cc1. The lowest BCUT2D eigenvalue weighted by Crippen LogP contribution is -2.09. The third-order valence-electron chi connectivity index (χ3n) is 13.7. The Balaban J connectivity index is 0.855. The molecule has 0 aliphatic heterocycles. The maximum Gasteiger partial charge on any atom is 0.143 e. The van der Waals surface area contributed by atoms with Crippen molar-refractivity contribution in [1.29, 1.82) is 0 Å². The molecule has 0 fully saturated rings. The van der Waals surface area contributed by atoms with Crippen molar-refractivity contribution in [2.24, 2.45) is 0 Å². The van der Waals surface area contributed by atoms with Gasteiger partial charge < -0.3 is 13.9 Å². The number of furan rings is 1. The van der Waals surface area contributed by atoms with E-state index < -0.39 is 0 Å². The quantitative estimate of drug-likeness (QED) is 0.144. The molecule has 0 aliphatic rings. The van der Waals surface area contributed by atoms with Crippen molar-refractivity contribution in [2.45, 2.75) is 0 Å². The van der Waals surface area contributed by atoms with Gasteiger partial charge in [0.2, 0.25) is 0 Å². The van der Waals surface area contributed by atoms with Crippen molar-refractivity contribution in [3.8, 4) is 61.3 Å². The normalized spacial score (nSPS) is 11.5. The number of rotatable bonds is 9. The molecule has 324 valence electrons. The fourth-order valence-electron chi connectivity index (χ4n) is 10.2. The first kappa shape index (κ1) is 40.1. The first-order chi connectivity index (χ1) is 34.2. The van der Waals surface area contributed by atoms with Gasteiger partial charge in [0.05, 0.1) is 11.0 Å². The number of hydrogen-bond donors (Lipinski definition) is 0. The minimum absolute atomic E-state index is 0.901. The van der Waals surface area contributed by atoms with Crippen LogP contribution in [0.5, 0.6) is 0 Å². The molecular formula is C66H44N2O. The summed E-state index contributed by atoms with van der Waals surface area (Å²) >= 11 is 0. The number of para-hydroxylation sites is 3. The molecule has 13 rings (SSSR count). The number of aromatic nitrogens is 1. The topological polar surface area (TPSA) is 21.3 Å². The highest BCUT2D eigenvalue weighted by Crippen LogP contribution is 2.41. The summed E-state index contributed by atoms with van der Waals surface area (Å²) in [4.78, 5) is 2.34. The zero-order valence-electron chi connectivity index (χ0n) is 37.7. The van der Waals surface area contributed by atoms with E-state index in [1.54, 1.807) is 0 Å². The monoisotopic (exact) mass is 880 g/mol. The third kappa shape index (κ3) is 7.25. The highest BCUT2D eigenvalue weighted by molar-refractivity contribution is 6.11. The van der Waals surface area contributed by atoms with Crippen LogP contribution < -0.4 is 4.90 Å². The molecule has 3 nitrogen and oxygen atoms in total. The molecule has 0 unspecified atom stereocenters. The van der Waals surface area contributed by atoms with Gasteiger partial charge in [-0.3, -0.25) is 0 Å². The lowest BCUT2D eigenvalue weighted by Gasteiger charge is -2.26. The molecule has 0 bridgehead atoms. The van der Waals surface area contributed by atoms with E-state index in [2.05, 4.69) is 264 Å². The van der Waals surface area contributed by atoms with Gasteiger partial charge in [-0.15, -0.1) is 0 Å². The zero-order chi connectivity index (χ0) is 45.7. The zero-order valence-corrected chi connectivity index (χ0v) is 37.7. The molecule has 0 radical (unpaired) electrons. The molecule has 2 heterocycles. The van der Waals surface area contributed by atoms with Gasteiger partial charge in [-0.1, -0.05) is 194 Å². The Morgan fingerprint density at radius 3 is 1.29 bits per heavy atom. The molecule has 69 heavy (non-hydrogen) atoms. The van der Waals surface area contributed by atoms with Crippen molar-refractivity contribution in [3.63, 3.8) is 0 Å². The molecule has 0 saturated heterocycles. The molecule has 0 spiro atoms. The Hall–Kier alpha value is -9.18. The molecule has 3 heteroatoms. The van der Waals surface area contributed by atoms with E-state index in [4.69, 9.17) is 4.42 Å². The molecule has 0 N–H and O–H groups in total. The first-order valence-electron chi connectivity index (χ1n) is 23.6. The van der Waals surface area contributed by atoms with E-state index in [0.29, 0.717) is 0 Å². The van der Waals surface area contributed by atoms with Gasteiger partial charge in [0, 0.05) is 49.9 Å². The fraction of sp³-hybridized carbons (Fsp3) is 0. The Labute approximate surface area is 401 Å². The van der Waals surface area contributed by atoms with Crippen LogP contribution in [0.15, 0.2) is 271 Å². The van der Waals surface area contributed by atoms with E-state index >= 15 is 0 Å². The molecule has 0 saturated carbocycles. The van der Waals surface area contributed by atoms with Gasteiger partial charge in [0.25, 0.3) is 0 Å². The molecule has 11 aromatic carbocycles. The lowest BCUT2D eigenvalue weighted by molar-refractivity contribution is 0.670. The third-order valence-corrected chi connectivity index (χ3v) is 13.7. The smallest absolute Gasteiger partial charge is 0.143 e. The van der Waals surface area contributed by atoms with Crippen LogP contribution in [-0.2, 0) is 0 Å². The Kier molecular flexibility index (Phi) is 9.84. The highest BCUT2D eigenvalue weighted by atomic mass is 16.3. The summed E-state index contributed by atoms with van der Waals surface area (Å²) < 4.78 is 8.84. The van der Waals surface area contributed by atoms with Crippen LogP contribution in [0.25, 0.3) is 105 Å². The number of fused-ring (bicyclic) bond motifs is 6. The lowest BCUT2D eigenvalue weighted by atomic mass is 9.99. The second-order valence-corrected chi connectivity index (χ2v) is 17.7.